The number of aromatic nitrogens is 3. The van der Waals surface area contributed by atoms with Crippen LogP contribution in [0.2, 0.25) is 0 Å². The first-order valence-electron chi connectivity index (χ1n) is 7.60. The number of azo groups is 1. The van der Waals surface area contributed by atoms with E-state index < -0.39 is 21.9 Å². The molecule has 2 aromatic rings. The molecule has 0 bridgehead atoms. The monoisotopic (exact) mass is 413 g/mol. The van der Waals surface area contributed by atoms with Crippen molar-refractivity contribution in [3.05, 3.63) is 42.1 Å². The highest BCUT2D eigenvalue weighted by atomic mass is 32.3. The average molecular weight is 413 g/mol. The molecule has 0 aliphatic rings. The van der Waals surface area contributed by atoms with Gasteiger partial charge in [0.25, 0.3) is 11.6 Å². The van der Waals surface area contributed by atoms with E-state index in [1.807, 2.05) is 0 Å². The van der Waals surface area contributed by atoms with E-state index >= 15 is 0 Å². The molecule has 0 saturated heterocycles. The van der Waals surface area contributed by atoms with Gasteiger partial charge in [0, 0.05) is 33.6 Å². The number of anilines is 1. The highest BCUT2D eigenvalue weighted by Crippen LogP contribution is 2.32. The average Bonchev–Trinajstić information content (AvgIpc) is 3.01. The van der Waals surface area contributed by atoms with Crippen molar-refractivity contribution in [3.8, 4) is 0 Å². The Labute approximate surface area is 161 Å². The number of rotatable bonds is 9. The van der Waals surface area contributed by atoms with Crippen LogP contribution in [0.4, 0.5) is 23.0 Å². The SMILES string of the molecule is CCN(CCOS(=O)(=O)[O-])c1ccc(N=Nc2nncn2C)cc1[N+](=O)[O-].[CH3+]. The van der Waals surface area contributed by atoms with Gasteiger partial charge in [0.2, 0.25) is 10.4 Å². The van der Waals surface area contributed by atoms with E-state index in [2.05, 4.69) is 24.6 Å². The van der Waals surface area contributed by atoms with Crippen molar-refractivity contribution in [3.63, 3.8) is 0 Å². The lowest BCUT2D eigenvalue weighted by Crippen LogP contribution is -2.28. The molecule has 2 rings (SSSR count). The van der Waals surface area contributed by atoms with Gasteiger partial charge in [-0.15, -0.1) is 20.4 Å². The molecular formula is C14H19N7O6S. The molecule has 14 heteroatoms. The summed E-state index contributed by atoms with van der Waals surface area (Å²) in [7, 11) is -3.16. The molecule has 1 aromatic carbocycles. The lowest BCUT2D eigenvalue weighted by Gasteiger charge is -2.23. The first-order chi connectivity index (χ1) is 12.7. The summed E-state index contributed by atoms with van der Waals surface area (Å²) in [6.45, 7) is 1.59. The Kier molecular flexibility index (Phi) is 7.97. The molecule has 0 amide bonds. The fourth-order valence-electron chi connectivity index (χ4n) is 2.16. The summed E-state index contributed by atoms with van der Waals surface area (Å²) >= 11 is 0. The number of nitrogens with zero attached hydrogens (tertiary/aromatic N) is 7. The van der Waals surface area contributed by atoms with E-state index in [1.165, 1.54) is 34.0 Å². The minimum absolute atomic E-state index is 0. The Balaban J connectivity index is 0.00000392. The number of hydrogen-bond donors (Lipinski definition) is 0. The molecule has 152 valence electrons. The third-order valence-electron chi connectivity index (χ3n) is 3.41. The van der Waals surface area contributed by atoms with Crippen LogP contribution >= 0.6 is 0 Å². The summed E-state index contributed by atoms with van der Waals surface area (Å²) in [5, 5.41) is 26.6. The van der Waals surface area contributed by atoms with Crippen LogP contribution < -0.4 is 4.90 Å². The highest BCUT2D eigenvalue weighted by molar-refractivity contribution is 7.80. The van der Waals surface area contributed by atoms with Crippen LogP contribution in [0.25, 0.3) is 0 Å². The van der Waals surface area contributed by atoms with Crippen LogP contribution in [0.3, 0.4) is 0 Å². The van der Waals surface area contributed by atoms with Crippen molar-refractivity contribution in [1.29, 1.82) is 0 Å². The molecule has 13 nitrogen and oxygen atoms in total. The lowest BCUT2D eigenvalue weighted by atomic mass is 10.2. The van der Waals surface area contributed by atoms with Crippen LogP contribution in [0.1, 0.15) is 6.92 Å². The van der Waals surface area contributed by atoms with Crippen LogP contribution in [-0.4, -0.2) is 52.4 Å². The Morgan fingerprint density at radius 2 is 2.07 bits per heavy atom. The van der Waals surface area contributed by atoms with Crippen molar-refractivity contribution < 1.29 is 22.1 Å². The van der Waals surface area contributed by atoms with Crippen LogP contribution in [0.5, 0.6) is 0 Å². The smallest absolute Gasteiger partial charge is 0.294 e. The fourth-order valence-corrected chi connectivity index (χ4v) is 2.43. The maximum Gasteiger partial charge on any atom is 0.294 e. The molecule has 0 aliphatic heterocycles. The number of nitro groups is 1. The van der Waals surface area contributed by atoms with E-state index in [0.717, 1.165) is 0 Å². The Bertz CT molecular complexity index is 943. The number of nitro benzene ring substituents is 1. The molecule has 28 heavy (non-hydrogen) atoms. The molecule has 0 atom stereocenters. The van der Waals surface area contributed by atoms with Gasteiger partial charge < -0.3 is 14.0 Å². The maximum absolute atomic E-state index is 11.4. The summed E-state index contributed by atoms with van der Waals surface area (Å²) in [6.07, 6.45) is 1.43. The summed E-state index contributed by atoms with van der Waals surface area (Å²) in [5.74, 6) is 0.230. The summed E-state index contributed by atoms with van der Waals surface area (Å²) in [4.78, 5) is 12.3. The second-order valence-electron chi connectivity index (χ2n) is 5.18. The minimum atomic E-state index is -4.83. The van der Waals surface area contributed by atoms with Crippen LogP contribution in [0.15, 0.2) is 34.8 Å². The molecule has 0 unspecified atom stereocenters. The summed E-state index contributed by atoms with van der Waals surface area (Å²) < 4.78 is 37.2. The fraction of sp³-hybridized carbons (Fsp3) is 0.357. The zero-order valence-electron chi connectivity index (χ0n) is 15.4. The number of aryl methyl sites for hydroxylation is 1. The van der Waals surface area contributed by atoms with Crippen LogP contribution in [-0.2, 0) is 21.6 Å². The predicted octanol–water partition coefficient (Wildman–Crippen LogP) is 1.89. The van der Waals surface area contributed by atoms with Crippen LogP contribution in [0, 0.1) is 17.5 Å². The molecule has 0 saturated carbocycles. The summed E-state index contributed by atoms with van der Waals surface area (Å²) in [6, 6.07) is 4.19. The zero-order valence-corrected chi connectivity index (χ0v) is 16.2. The third-order valence-corrected chi connectivity index (χ3v) is 3.86. The van der Waals surface area contributed by atoms with Gasteiger partial charge in [-0.1, -0.05) is 0 Å². The predicted molar refractivity (Wildman–Crippen MR) is 98.2 cm³/mol. The normalized spacial score (nSPS) is 11.4. The van der Waals surface area contributed by atoms with Gasteiger partial charge in [-0.25, -0.2) is 8.42 Å². The van der Waals surface area contributed by atoms with Gasteiger partial charge in [-0.2, -0.15) is 0 Å². The summed E-state index contributed by atoms with van der Waals surface area (Å²) in [5.41, 5.74) is 0.200. The number of hydrogen-bond acceptors (Lipinski definition) is 11. The zero-order chi connectivity index (χ0) is 20.0. The maximum atomic E-state index is 11.4. The first kappa shape index (κ1) is 22.9. The largest absolute Gasteiger partial charge is 0.726 e. The first-order valence-corrected chi connectivity index (χ1v) is 8.94. The topological polar surface area (TPSA) is 168 Å². The molecule has 1 aromatic heterocycles. The van der Waals surface area contributed by atoms with E-state index in [9.17, 15) is 23.1 Å². The molecule has 0 aliphatic carbocycles. The van der Waals surface area contributed by atoms with Gasteiger partial charge in [0.05, 0.1) is 17.2 Å². The van der Waals surface area contributed by atoms with Gasteiger partial charge in [0.15, 0.2) is 0 Å². The Morgan fingerprint density at radius 3 is 2.61 bits per heavy atom. The molecule has 0 fully saturated rings. The van der Waals surface area contributed by atoms with Crippen molar-refractivity contribution in [2.24, 2.45) is 17.3 Å². The minimum Gasteiger partial charge on any atom is -0.726 e. The second kappa shape index (κ2) is 9.72. The highest BCUT2D eigenvalue weighted by Gasteiger charge is 2.19. The van der Waals surface area contributed by atoms with E-state index in [-0.39, 0.29) is 37.0 Å². The Hall–Kier alpha value is -3.10. The van der Waals surface area contributed by atoms with E-state index in [1.54, 1.807) is 14.0 Å². The molecule has 1 heterocycles. The van der Waals surface area contributed by atoms with E-state index in [4.69, 9.17) is 0 Å². The quantitative estimate of drug-likeness (QED) is 0.149. The van der Waals surface area contributed by atoms with Gasteiger partial charge in [0.1, 0.15) is 12.0 Å². The number of likely N-dealkylation sites (N-methyl/N-ethyl adjacent to an activating group) is 1. The van der Waals surface area contributed by atoms with Gasteiger partial charge in [-0.3, -0.25) is 14.3 Å². The molecular weight excluding hydrogens is 394 g/mol. The molecule has 0 radical (unpaired) electrons. The van der Waals surface area contributed by atoms with Crippen molar-refractivity contribution in [2.75, 3.05) is 24.6 Å². The van der Waals surface area contributed by atoms with Crippen molar-refractivity contribution >= 4 is 33.4 Å². The third kappa shape index (κ3) is 6.26. The van der Waals surface area contributed by atoms with Gasteiger partial charge in [-0.05, 0) is 19.1 Å². The lowest BCUT2D eigenvalue weighted by molar-refractivity contribution is -0.384. The molecule has 0 spiro atoms. The molecule has 0 N–H and O–H groups in total. The van der Waals surface area contributed by atoms with E-state index in [0.29, 0.717) is 6.54 Å². The van der Waals surface area contributed by atoms with Crippen molar-refractivity contribution in [2.45, 2.75) is 6.92 Å². The Morgan fingerprint density at radius 1 is 1.36 bits per heavy atom. The van der Waals surface area contributed by atoms with Crippen molar-refractivity contribution in [1.82, 2.24) is 14.8 Å². The second-order valence-corrected chi connectivity index (χ2v) is 6.23. The van der Waals surface area contributed by atoms with Gasteiger partial charge >= 0.3 is 0 Å². The standard InChI is InChI=1S/C13H17N7O6S.CH3/c1-3-19(6-7-26-27(23,24)25)11-5-4-10(8-12(11)20(21)22)15-17-13-16-14-9-18(13)2;/h4-5,8-9H,3,6-7H2,1-2H3,(H,23,24,25);1H3/q;+1/p-1. The number of benzene rings is 1.